The van der Waals surface area contributed by atoms with Gasteiger partial charge in [0.05, 0.1) is 11.4 Å². The number of benzene rings is 7. The van der Waals surface area contributed by atoms with Crippen molar-refractivity contribution in [3.8, 4) is 33.4 Å². The van der Waals surface area contributed by atoms with Gasteiger partial charge in [-0.15, -0.1) is 0 Å². The number of furan rings is 1. The van der Waals surface area contributed by atoms with Crippen molar-refractivity contribution in [1.29, 1.82) is 0 Å². The number of para-hydroxylation sites is 2. The maximum absolute atomic E-state index is 6.92. The molecule has 0 amide bonds. The van der Waals surface area contributed by atoms with Gasteiger partial charge in [0.25, 0.3) is 0 Å². The van der Waals surface area contributed by atoms with Gasteiger partial charge in [0.15, 0.2) is 5.58 Å². The van der Waals surface area contributed by atoms with Crippen LogP contribution in [0.15, 0.2) is 168 Å². The quantitative estimate of drug-likeness (QED) is 0.164. The Hall–Kier alpha value is -6.12. The van der Waals surface area contributed by atoms with Crippen LogP contribution in [-0.2, 0) is 0 Å². The second-order valence-corrected chi connectivity index (χ2v) is 15.5. The van der Waals surface area contributed by atoms with Gasteiger partial charge in [-0.25, -0.2) is 0 Å². The molecule has 0 radical (unpaired) electrons. The molecule has 2 aliphatic carbocycles. The number of hydrogen-bond donors (Lipinski definition) is 0. The van der Waals surface area contributed by atoms with Crippen molar-refractivity contribution in [3.63, 3.8) is 0 Å². The van der Waals surface area contributed by atoms with Crippen molar-refractivity contribution < 1.29 is 4.42 Å². The third-order valence-corrected chi connectivity index (χ3v) is 12.1. The molecule has 0 saturated heterocycles. The highest BCUT2D eigenvalue weighted by molar-refractivity contribution is 6.06. The van der Waals surface area contributed by atoms with E-state index in [1.165, 1.54) is 87.4 Å². The van der Waals surface area contributed by atoms with Crippen LogP contribution >= 0.6 is 0 Å². The molecule has 55 heavy (non-hydrogen) atoms. The van der Waals surface area contributed by atoms with E-state index in [2.05, 4.69) is 182 Å². The summed E-state index contributed by atoms with van der Waals surface area (Å²) in [5.41, 5.74) is 14.3. The highest BCUT2D eigenvalue weighted by Crippen LogP contribution is 2.49. The van der Waals surface area contributed by atoms with E-state index >= 15 is 0 Å². The first-order valence-corrected chi connectivity index (χ1v) is 20.1. The van der Waals surface area contributed by atoms with Crippen molar-refractivity contribution in [3.05, 3.63) is 181 Å². The number of fused-ring (bicyclic) bond motifs is 4. The molecule has 1 fully saturated rings. The predicted molar refractivity (Wildman–Crippen MR) is 233 cm³/mol. The van der Waals surface area contributed by atoms with Crippen LogP contribution in [0.3, 0.4) is 0 Å². The second kappa shape index (κ2) is 14.3. The average Bonchev–Trinajstić information content (AvgIpc) is 3.65. The van der Waals surface area contributed by atoms with Gasteiger partial charge in [-0.1, -0.05) is 172 Å². The number of rotatable bonds is 7. The normalized spacial score (nSPS) is 15.7. The lowest BCUT2D eigenvalue weighted by molar-refractivity contribution is 0.445. The molecule has 0 aliphatic heterocycles. The van der Waals surface area contributed by atoms with Gasteiger partial charge in [-0.3, -0.25) is 0 Å². The Morgan fingerprint density at radius 1 is 0.545 bits per heavy atom. The van der Waals surface area contributed by atoms with E-state index in [-0.39, 0.29) is 0 Å². The lowest BCUT2D eigenvalue weighted by Crippen LogP contribution is -2.12. The van der Waals surface area contributed by atoms with E-state index in [0.29, 0.717) is 11.8 Å². The highest BCUT2D eigenvalue weighted by atomic mass is 16.3. The lowest BCUT2D eigenvalue weighted by Gasteiger charge is -2.29. The van der Waals surface area contributed by atoms with Gasteiger partial charge in [0, 0.05) is 28.1 Å². The topological polar surface area (TPSA) is 16.4 Å². The first-order chi connectivity index (χ1) is 27.2. The van der Waals surface area contributed by atoms with Gasteiger partial charge in [0.2, 0.25) is 0 Å². The fraction of sp³-hybridized carbons (Fsp3) is 0.170. The summed E-state index contributed by atoms with van der Waals surface area (Å²) in [5, 5.41) is 3.87. The number of hydrogen-bond acceptors (Lipinski definition) is 2. The Bertz CT molecular complexity index is 2650. The van der Waals surface area contributed by atoms with Crippen LogP contribution in [-0.4, -0.2) is 0 Å². The molecule has 7 aromatic carbocycles. The van der Waals surface area contributed by atoms with E-state index in [9.17, 15) is 0 Å². The molecule has 1 unspecified atom stereocenters. The van der Waals surface area contributed by atoms with Crippen LogP contribution in [0.5, 0.6) is 0 Å². The molecule has 8 aromatic rings. The van der Waals surface area contributed by atoms with Gasteiger partial charge in [-0.2, -0.15) is 0 Å². The smallest absolute Gasteiger partial charge is 0.158 e. The summed E-state index contributed by atoms with van der Waals surface area (Å²) >= 11 is 0. The average molecular weight is 712 g/mol. The number of anilines is 3. The SMILES string of the molecule is CC1CC=Cc2c1oc1c(N(c3ccc(-c4ccc(-c5ccccc5)cc4)cc3)c3ccccc3-c3cccc4cccc(C5CCCCC5)c34)cccc21. The van der Waals surface area contributed by atoms with Gasteiger partial charge >= 0.3 is 0 Å². The molecule has 10 rings (SSSR count). The van der Waals surface area contributed by atoms with Crippen LogP contribution in [0.1, 0.15) is 74.2 Å². The lowest BCUT2D eigenvalue weighted by atomic mass is 9.80. The summed E-state index contributed by atoms with van der Waals surface area (Å²) < 4.78 is 6.92. The zero-order chi connectivity index (χ0) is 36.7. The summed E-state index contributed by atoms with van der Waals surface area (Å²) in [6.45, 7) is 2.27. The van der Waals surface area contributed by atoms with Crippen LogP contribution in [0.25, 0.3) is 61.2 Å². The molecule has 2 aliphatic rings. The minimum atomic E-state index is 0.336. The summed E-state index contributed by atoms with van der Waals surface area (Å²) in [7, 11) is 0. The van der Waals surface area contributed by atoms with Crippen molar-refractivity contribution in [1.82, 2.24) is 0 Å². The highest BCUT2D eigenvalue weighted by Gasteiger charge is 2.27. The fourth-order valence-electron chi connectivity index (χ4n) is 9.29. The predicted octanol–water partition coefficient (Wildman–Crippen LogP) is 15.6. The fourth-order valence-corrected chi connectivity index (χ4v) is 9.29. The Morgan fingerprint density at radius 2 is 1.16 bits per heavy atom. The number of nitrogens with zero attached hydrogens (tertiary/aromatic N) is 1. The molecular formula is C53H45NO. The largest absolute Gasteiger partial charge is 0.458 e. The minimum absolute atomic E-state index is 0.336. The van der Waals surface area contributed by atoms with E-state index in [4.69, 9.17) is 4.42 Å². The van der Waals surface area contributed by atoms with E-state index in [1.807, 2.05) is 0 Å². The molecule has 1 heterocycles. The van der Waals surface area contributed by atoms with Gasteiger partial charge in [-0.05, 0) is 93.6 Å². The molecule has 0 bridgehead atoms. The van der Waals surface area contributed by atoms with Crippen LogP contribution in [0.2, 0.25) is 0 Å². The maximum atomic E-state index is 6.92. The molecule has 268 valence electrons. The zero-order valence-electron chi connectivity index (χ0n) is 31.4. The molecule has 1 aromatic heterocycles. The van der Waals surface area contributed by atoms with Crippen molar-refractivity contribution >= 4 is 44.9 Å². The van der Waals surface area contributed by atoms with Crippen LogP contribution in [0.4, 0.5) is 17.1 Å². The molecular weight excluding hydrogens is 667 g/mol. The van der Waals surface area contributed by atoms with Crippen molar-refractivity contribution in [2.75, 3.05) is 4.90 Å². The first-order valence-electron chi connectivity index (χ1n) is 20.1. The van der Waals surface area contributed by atoms with E-state index < -0.39 is 0 Å². The van der Waals surface area contributed by atoms with E-state index in [1.54, 1.807) is 0 Å². The third-order valence-electron chi connectivity index (χ3n) is 12.1. The van der Waals surface area contributed by atoms with Crippen molar-refractivity contribution in [2.24, 2.45) is 0 Å². The first kappa shape index (κ1) is 33.4. The van der Waals surface area contributed by atoms with Gasteiger partial charge < -0.3 is 9.32 Å². The molecule has 0 spiro atoms. The molecule has 0 N–H and O–H groups in total. The van der Waals surface area contributed by atoms with Crippen molar-refractivity contribution in [2.45, 2.75) is 57.3 Å². The monoisotopic (exact) mass is 711 g/mol. The Balaban J connectivity index is 1.14. The molecule has 1 saturated carbocycles. The van der Waals surface area contributed by atoms with Crippen LogP contribution in [0, 0.1) is 0 Å². The number of allylic oxidation sites excluding steroid dienone is 1. The molecule has 2 heteroatoms. The zero-order valence-corrected chi connectivity index (χ0v) is 31.4. The summed E-state index contributed by atoms with van der Waals surface area (Å²) in [6, 6.07) is 58.0. The van der Waals surface area contributed by atoms with Gasteiger partial charge in [0.1, 0.15) is 5.76 Å². The summed E-state index contributed by atoms with van der Waals surface area (Å²) in [4.78, 5) is 2.44. The molecule has 1 atom stereocenters. The standard InChI is InChI=1S/C53H45NO/c1-36-14-10-24-47-48-25-13-27-50(53(48)55-52(36)47)54(43-34-32-40(33-35-43)39-30-28-38(29-31-39)37-15-4-2-5-16-37)49-26-9-8-21-45(49)46-23-12-20-42-19-11-22-44(51(42)46)41-17-6-3-7-18-41/h2,4-5,8-13,15-16,19-36,41H,3,6-7,14,17-18H2,1H3. The second-order valence-electron chi connectivity index (χ2n) is 15.5. The maximum Gasteiger partial charge on any atom is 0.158 e. The Labute approximate surface area is 324 Å². The van der Waals surface area contributed by atoms with E-state index in [0.717, 1.165) is 40.2 Å². The summed E-state index contributed by atoms with van der Waals surface area (Å²) in [5.74, 6) is 2.01. The Kier molecular flexibility index (Phi) is 8.68. The Morgan fingerprint density at radius 3 is 1.93 bits per heavy atom. The minimum Gasteiger partial charge on any atom is -0.458 e. The third kappa shape index (κ3) is 6.07. The molecule has 2 nitrogen and oxygen atoms in total. The summed E-state index contributed by atoms with van der Waals surface area (Å²) in [6.07, 6.45) is 12.0. The van der Waals surface area contributed by atoms with Crippen LogP contribution < -0.4 is 4.90 Å².